The summed E-state index contributed by atoms with van der Waals surface area (Å²) in [6, 6.07) is 0. The molecule has 0 heterocycles. The lowest BCUT2D eigenvalue weighted by Crippen LogP contribution is -1.99. The monoisotopic (exact) mass is 102 g/mol. The lowest BCUT2D eigenvalue weighted by atomic mass is 10.5. The average Bonchev–Trinajstić information content (AvgIpc) is 1.68. The largest absolute Gasteiger partial charge is 0.469 e. The van der Waals surface area contributed by atoms with Crippen molar-refractivity contribution in [3.05, 3.63) is 0 Å². The molecule has 0 radical (unpaired) electrons. The number of carbonyl (C=O) groups excluding carboxylic acids is 2. The molecule has 0 aliphatic rings. The van der Waals surface area contributed by atoms with E-state index >= 15 is 0 Å². The summed E-state index contributed by atoms with van der Waals surface area (Å²) in [5, 5.41) is 0. The standard InChI is InChI=1S/C4H6O3/c1-7-4(6)2-3-5/h3H,2H2,1H3. The zero-order chi connectivity index (χ0) is 5.70. The third kappa shape index (κ3) is 2.96. The Kier molecular flexibility index (Phi) is 2.92. The van der Waals surface area contributed by atoms with Crippen LogP contribution in [0.25, 0.3) is 0 Å². The van der Waals surface area contributed by atoms with Crippen molar-refractivity contribution in [2.75, 3.05) is 7.11 Å². The van der Waals surface area contributed by atoms with Crippen molar-refractivity contribution in [2.24, 2.45) is 0 Å². The third-order valence-electron chi connectivity index (χ3n) is 0.478. The number of hydrogen-bond donors (Lipinski definition) is 0. The molecule has 0 saturated heterocycles. The van der Waals surface area contributed by atoms with Gasteiger partial charge in [0.25, 0.3) is 0 Å². The van der Waals surface area contributed by atoms with E-state index in [1.54, 1.807) is 0 Å². The maximum absolute atomic E-state index is 9.96. The number of hydrogen-bond acceptors (Lipinski definition) is 3. The maximum atomic E-state index is 9.96. The van der Waals surface area contributed by atoms with Crippen molar-refractivity contribution in [3.63, 3.8) is 0 Å². The molecule has 3 nitrogen and oxygen atoms in total. The molecule has 3 heteroatoms. The molecule has 0 aromatic carbocycles. The van der Waals surface area contributed by atoms with Crippen molar-refractivity contribution < 1.29 is 14.3 Å². The number of esters is 1. The fourth-order valence-electron chi connectivity index (χ4n) is 0.151. The molecule has 0 spiro atoms. The van der Waals surface area contributed by atoms with Gasteiger partial charge in [-0.25, -0.2) is 0 Å². The molecule has 0 aromatic rings. The second-order valence-corrected chi connectivity index (χ2v) is 0.947. The van der Waals surface area contributed by atoms with Gasteiger partial charge in [0.2, 0.25) is 0 Å². The number of methoxy groups -OCH3 is 1. The Balaban J connectivity index is 3.17. The summed E-state index contributed by atoms with van der Waals surface area (Å²) in [7, 11) is 1.24. The molecule has 0 atom stereocenters. The molecule has 0 unspecified atom stereocenters. The van der Waals surface area contributed by atoms with E-state index in [1.165, 1.54) is 7.11 Å². The fraction of sp³-hybridized carbons (Fsp3) is 0.500. The second kappa shape index (κ2) is 3.33. The Morgan fingerprint density at radius 3 is 2.57 bits per heavy atom. The fourth-order valence-corrected chi connectivity index (χ4v) is 0.151. The molecular weight excluding hydrogens is 96.0 g/mol. The average molecular weight is 102 g/mol. The number of ether oxygens (including phenoxy) is 1. The van der Waals surface area contributed by atoms with Gasteiger partial charge in [-0.05, 0) is 0 Å². The number of rotatable bonds is 2. The molecule has 40 valence electrons. The van der Waals surface area contributed by atoms with Gasteiger partial charge in [0.05, 0.1) is 7.11 Å². The van der Waals surface area contributed by atoms with Crippen LogP contribution in [0.4, 0.5) is 0 Å². The highest BCUT2D eigenvalue weighted by Crippen LogP contribution is 1.74. The predicted molar refractivity (Wildman–Crippen MR) is 22.7 cm³/mol. The highest BCUT2D eigenvalue weighted by atomic mass is 16.5. The predicted octanol–water partition coefficient (Wildman–Crippen LogP) is -0.252. The molecule has 0 aliphatic carbocycles. The lowest BCUT2D eigenvalue weighted by Gasteiger charge is -1.86. The van der Waals surface area contributed by atoms with Gasteiger partial charge in [0.1, 0.15) is 12.7 Å². The minimum atomic E-state index is -0.491. The first-order valence-corrected chi connectivity index (χ1v) is 1.81. The van der Waals surface area contributed by atoms with Gasteiger partial charge in [0.15, 0.2) is 0 Å². The summed E-state index contributed by atoms with van der Waals surface area (Å²) in [5.41, 5.74) is 0. The van der Waals surface area contributed by atoms with E-state index in [0.717, 1.165) is 0 Å². The normalized spacial score (nSPS) is 7.57. The number of carbonyl (C=O) groups is 2. The van der Waals surface area contributed by atoms with E-state index in [0.29, 0.717) is 6.29 Å². The minimum absolute atomic E-state index is 0.142. The van der Waals surface area contributed by atoms with Gasteiger partial charge in [0, 0.05) is 0 Å². The quantitative estimate of drug-likeness (QED) is 0.274. The third-order valence-corrected chi connectivity index (χ3v) is 0.478. The van der Waals surface area contributed by atoms with E-state index in [1.807, 2.05) is 0 Å². The van der Waals surface area contributed by atoms with E-state index in [-0.39, 0.29) is 6.42 Å². The van der Waals surface area contributed by atoms with Crippen LogP contribution in [0.15, 0.2) is 0 Å². The molecule has 0 bridgehead atoms. The van der Waals surface area contributed by atoms with E-state index in [9.17, 15) is 9.59 Å². The van der Waals surface area contributed by atoms with Crippen LogP contribution in [0.2, 0.25) is 0 Å². The van der Waals surface area contributed by atoms with Crippen LogP contribution in [0.3, 0.4) is 0 Å². The topological polar surface area (TPSA) is 43.4 Å². The molecular formula is C4H6O3. The van der Waals surface area contributed by atoms with Crippen LogP contribution in [0, 0.1) is 0 Å². The summed E-state index contributed by atoms with van der Waals surface area (Å²) in [6.45, 7) is 0. The molecule has 0 fully saturated rings. The lowest BCUT2D eigenvalue weighted by molar-refractivity contribution is -0.141. The minimum Gasteiger partial charge on any atom is -0.469 e. The highest BCUT2D eigenvalue weighted by molar-refractivity contribution is 5.83. The first kappa shape index (κ1) is 6.14. The van der Waals surface area contributed by atoms with Crippen molar-refractivity contribution >= 4 is 12.3 Å². The smallest absolute Gasteiger partial charge is 0.312 e. The summed E-state index contributed by atoms with van der Waals surface area (Å²) in [6.07, 6.45) is 0.363. The van der Waals surface area contributed by atoms with Gasteiger partial charge >= 0.3 is 5.97 Å². The van der Waals surface area contributed by atoms with Gasteiger partial charge in [-0.1, -0.05) is 0 Å². The summed E-state index contributed by atoms with van der Waals surface area (Å²) in [5.74, 6) is -0.491. The van der Waals surface area contributed by atoms with E-state index in [4.69, 9.17) is 0 Å². The Labute approximate surface area is 41.3 Å². The van der Waals surface area contributed by atoms with Crippen LogP contribution in [0.1, 0.15) is 6.42 Å². The number of aldehydes is 1. The molecule has 0 rings (SSSR count). The van der Waals surface area contributed by atoms with Crippen LogP contribution >= 0.6 is 0 Å². The Morgan fingerprint density at radius 1 is 1.86 bits per heavy atom. The second-order valence-electron chi connectivity index (χ2n) is 0.947. The van der Waals surface area contributed by atoms with Crippen molar-refractivity contribution in [2.45, 2.75) is 6.42 Å². The van der Waals surface area contributed by atoms with Crippen LogP contribution in [0.5, 0.6) is 0 Å². The molecule has 0 aliphatic heterocycles. The van der Waals surface area contributed by atoms with Gasteiger partial charge in [-0.3, -0.25) is 4.79 Å². The summed E-state index contributed by atoms with van der Waals surface area (Å²) >= 11 is 0. The van der Waals surface area contributed by atoms with E-state index in [2.05, 4.69) is 4.74 Å². The van der Waals surface area contributed by atoms with Gasteiger partial charge in [-0.2, -0.15) is 0 Å². The van der Waals surface area contributed by atoms with Gasteiger partial charge in [-0.15, -0.1) is 0 Å². The molecule has 7 heavy (non-hydrogen) atoms. The van der Waals surface area contributed by atoms with E-state index < -0.39 is 5.97 Å². The first-order valence-electron chi connectivity index (χ1n) is 1.81. The Bertz CT molecular complexity index is 77.0. The van der Waals surface area contributed by atoms with Crippen molar-refractivity contribution in [1.29, 1.82) is 0 Å². The maximum Gasteiger partial charge on any atom is 0.312 e. The molecule has 0 aromatic heterocycles. The zero-order valence-electron chi connectivity index (χ0n) is 4.01. The Hall–Kier alpha value is -0.860. The van der Waals surface area contributed by atoms with Crippen LogP contribution in [-0.2, 0) is 14.3 Å². The molecule has 0 N–H and O–H groups in total. The Morgan fingerprint density at radius 2 is 2.43 bits per heavy atom. The molecule has 0 saturated carbocycles. The first-order chi connectivity index (χ1) is 3.31. The van der Waals surface area contributed by atoms with Crippen molar-refractivity contribution in [3.8, 4) is 0 Å². The van der Waals surface area contributed by atoms with Crippen LogP contribution < -0.4 is 0 Å². The van der Waals surface area contributed by atoms with Crippen molar-refractivity contribution in [1.82, 2.24) is 0 Å². The summed E-state index contributed by atoms with van der Waals surface area (Å²) < 4.78 is 4.12. The SMILES string of the molecule is COC(=O)CC=O. The highest BCUT2D eigenvalue weighted by Gasteiger charge is 1.93. The van der Waals surface area contributed by atoms with Gasteiger partial charge < -0.3 is 9.53 Å². The van der Waals surface area contributed by atoms with Crippen LogP contribution in [-0.4, -0.2) is 19.4 Å². The summed E-state index contributed by atoms with van der Waals surface area (Å²) in [4.78, 5) is 19.4. The molecule has 0 amide bonds. The zero-order valence-corrected chi connectivity index (χ0v) is 4.01.